The molecule has 1 amide bonds. The van der Waals surface area contributed by atoms with Crippen LogP contribution >= 0.6 is 11.6 Å². The van der Waals surface area contributed by atoms with Gasteiger partial charge in [0.25, 0.3) is 0 Å². The first-order valence-electron chi connectivity index (χ1n) is 23.0. The molecule has 70 heavy (non-hydrogen) atoms. The van der Waals surface area contributed by atoms with Crippen molar-refractivity contribution in [3.63, 3.8) is 0 Å². The maximum Gasteiger partial charge on any atom is 0.231 e. The largest absolute Gasteiger partial charge is 0.371 e. The van der Waals surface area contributed by atoms with Crippen molar-refractivity contribution >= 4 is 97.3 Å². The molecule has 3 fully saturated rings. The molecule has 4 aromatic heterocycles. The normalized spacial score (nSPS) is 17.3. The van der Waals surface area contributed by atoms with Gasteiger partial charge in [0.1, 0.15) is 0 Å². The van der Waals surface area contributed by atoms with Gasteiger partial charge in [0.2, 0.25) is 36.0 Å². The van der Waals surface area contributed by atoms with Gasteiger partial charge in [-0.3, -0.25) is 29.1 Å². The number of piperidine rings is 3. The summed E-state index contributed by atoms with van der Waals surface area (Å²) in [6.45, 7) is 5.52. The van der Waals surface area contributed by atoms with Gasteiger partial charge in [-0.05, 0) is 104 Å². The lowest BCUT2D eigenvalue weighted by Gasteiger charge is -2.34. The number of anilines is 3. The smallest absolute Gasteiger partial charge is 0.231 e. The number of amides is 1. The van der Waals surface area contributed by atoms with E-state index in [0.717, 1.165) is 99.6 Å². The number of nitrogens with one attached hydrogen (secondary N) is 3. The lowest BCUT2D eigenvalue weighted by molar-refractivity contribution is -0.116. The second-order valence-electron chi connectivity index (χ2n) is 18.4. The number of hydrogen-bond acceptors (Lipinski definition) is 12. The van der Waals surface area contributed by atoms with Gasteiger partial charge in [-0.2, -0.15) is 20.4 Å². The van der Waals surface area contributed by atoms with Crippen molar-refractivity contribution in [2.24, 2.45) is 0 Å². The van der Waals surface area contributed by atoms with Crippen molar-refractivity contribution in [1.82, 2.24) is 49.0 Å². The highest BCUT2D eigenvalue weighted by atomic mass is 35.5. The molecule has 0 atom stereocenters. The summed E-state index contributed by atoms with van der Waals surface area (Å²) in [5.41, 5.74) is 7.34. The Hall–Kier alpha value is -5.59. The number of halogens is 1. The molecule has 7 heterocycles. The Morgan fingerprint density at radius 1 is 0.643 bits per heavy atom. The molecule has 24 heteroatoms. The highest BCUT2D eigenvalue weighted by Crippen LogP contribution is 2.38. The molecular formula is C46H60ClN13O7S3. The highest BCUT2D eigenvalue weighted by Gasteiger charge is 2.30. The second-order valence-corrected chi connectivity index (χ2v) is 24.8. The van der Waals surface area contributed by atoms with Crippen molar-refractivity contribution in [3.8, 4) is 0 Å². The van der Waals surface area contributed by atoms with Gasteiger partial charge in [-0.1, -0.05) is 11.6 Å². The van der Waals surface area contributed by atoms with Crippen molar-refractivity contribution in [2.75, 3.05) is 86.2 Å². The van der Waals surface area contributed by atoms with Crippen LogP contribution in [-0.4, -0.2) is 152 Å². The summed E-state index contributed by atoms with van der Waals surface area (Å²) >= 11 is 6.22. The van der Waals surface area contributed by atoms with E-state index in [1.165, 1.54) is 45.1 Å². The Morgan fingerprint density at radius 3 is 1.57 bits per heavy atom. The molecule has 3 N–H and O–H groups in total. The van der Waals surface area contributed by atoms with Crippen LogP contribution in [0.1, 0.15) is 74.5 Å². The van der Waals surface area contributed by atoms with Crippen LogP contribution in [0, 0.1) is 0 Å². The SMILES string of the molecule is CC(=O)N(C)c1cc(C2CCN(S(C)(=O)=O)CC2)c2cn[nH]c2c1.CN(c1cc(C2CCN(S(C)(=O)=O)CC2)c2cn[nH]c2c1)S(C)(=O)=O.Clc1cc(N2CCC(n3cccn3)CC2)c2cn[nH]c2c1. The molecule has 3 aliphatic heterocycles. The fourth-order valence-corrected chi connectivity index (χ4v) is 12.1. The summed E-state index contributed by atoms with van der Waals surface area (Å²) in [4.78, 5) is 15.7. The van der Waals surface area contributed by atoms with E-state index in [9.17, 15) is 30.0 Å². The van der Waals surface area contributed by atoms with Gasteiger partial charge >= 0.3 is 0 Å². The van der Waals surface area contributed by atoms with E-state index >= 15 is 0 Å². The fourth-order valence-electron chi connectivity index (χ4n) is 9.67. The molecule has 0 aliphatic carbocycles. The molecule has 3 saturated heterocycles. The predicted molar refractivity (Wildman–Crippen MR) is 275 cm³/mol. The van der Waals surface area contributed by atoms with Crippen molar-refractivity contribution in [1.29, 1.82) is 0 Å². The lowest BCUT2D eigenvalue weighted by Crippen LogP contribution is -2.37. The van der Waals surface area contributed by atoms with Crippen LogP contribution in [0.4, 0.5) is 17.1 Å². The third-order valence-electron chi connectivity index (χ3n) is 13.8. The van der Waals surface area contributed by atoms with Crippen LogP contribution in [0.25, 0.3) is 32.7 Å². The summed E-state index contributed by atoms with van der Waals surface area (Å²) in [5.74, 6) is 0.376. The summed E-state index contributed by atoms with van der Waals surface area (Å²) < 4.78 is 76.8. The monoisotopic (exact) mass is 1040 g/mol. The number of benzene rings is 3. The number of carbonyl (C=O) groups excluding carboxylic acids is 1. The Balaban J connectivity index is 0.000000142. The Kier molecular flexibility index (Phi) is 15.0. The van der Waals surface area contributed by atoms with Gasteiger partial charge in [0, 0.05) is 105 Å². The van der Waals surface area contributed by atoms with Gasteiger partial charge in [0.15, 0.2) is 0 Å². The minimum Gasteiger partial charge on any atom is -0.371 e. The second kappa shape index (κ2) is 20.6. The highest BCUT2D eigenvalue weighted by molar-refractivity contribution is 7.92. The molecule has 376 valence electrons. The number of fused-ring (bicyclic) bond motifs is 3. The molecule has 0 bridgehead atoms. The summed E-state index contributed by atoms with van der Waals surface area (Å²) in [6.07, 6.45) is 18.0. The fraction of sp³-hybridized carbons (Fsp3) is 0.457. The zero-order valence-electron chi connectivity index (χ0n) is 40.1. The molecule has 7 aromatic rings. The number of nitrogens with zero attached hydrogens (tertiary/aromatic N) is 10. The summed E-state index contributed by atoms with van der Waals surface area (Å²) in [6, 6.07) is 14.0. The first-order chi connectivity index (χ1) is 33.2. The maximum absolute atomic E-state index is 11.9. The average molecular weight is 1040 g/mol. The molecule has 0 unspecified atom stereocenters. The van der Waals surface area contributed by atoms with E-state index in [-0.39, 0.29) is 17.7 Å². The number of carbonyl (C=O) groups is 1. The average Bonchev–Trinajstić information content (AvgIpc) is 4.19. The number of hydrogen-bond donors (Lipinski definition) is 3. The molecular weight excluding hydrogens is 978 g/mol. The number of aromatic amines is 3. The van der Waals surface area contributed by atoms with E-state index in [2.05, 4.69) is 45.3 Å². The van der Waals surface area contributed by atoms with Crippen molar-refractivity contribution < 1.29 is 30.0 Å². The number of aromatic nitrogens is 8. The Morgan fingerprint density at radius 2 is 1.11 bits per heavy atom. The van der Waals surface area contributed by atoms with Crippen LogP contribution in [0.15, 0.2) is 73.4 Å². The zero-order chi connectivity index (χ0) is 50.1. The number of sulfonamides is 3. The molecule has 10 rings (SSSR count). The van der Waals surface area contributed by atoms with Gasteiger partial charge < -0.3 is 9.80 Å². The third kappa shape index (κ3) is 11.4. The molecule has 0 saturated carbocycles. The van der Waals surface area contributed by atoms with Crippen LogP contribution in [0.5, 0.6) is 0 Å². The summed E-state index contributed by atoms with van der Waals surface area (Å²) in [7, 11) is -6.42. The van der Waals surface area contributed by atoms with E-state index in [4.69, 9.17) is 11.6 Å². The molecule has 0 spiro atoms. The first kappa shape index (κ1) is 50.8. The first-order valence-corrected chi connectivity index (χ1v) is 29.0. The molecule has 3 aliphatic rings. The molecule has 0 radical (unpaired) electrons. The molecule has 3 aromatic carbocycles. The maximum atomic E-state index is 11.9. The van der Waals surface area contributed by atoms with Crippen molar-refractivity contribution in [2.45, 2.75) is 63.3 Å². The Bertz CT molecular complexity index is 3300. The zero-order valence-corrected chi connectivity index (χ0v) is 43.3. The van der Waals surface area contributed by atoms with Gasteiger partial charge in [-0.25, -0.2) is 33.9 Å². The minimum atomic E-state index is -3.37. The number of H-pyrrole nitrogens is 3. The molecule has 20 nitrogen and oxygen atoms in total. The van der Waals surface area contributed by atoms with E-state index in [0.29, 0.717) is 50.7 Å². The van der Waals surface area contributed by atoms with Crippen LogP contribution in [0.2, 0.25) is 5.02 Å². The van der Waals surface area contributed by atoms with Crippen LogP contribution < -0.4 is 14.1 Å². The van der Waals surface area contributed by atoms with Crippen molar-refractivity contribution in [3.05, 3.63) is 89.6 Å². The quantitative estimate of drug-likeness (QED) is 0.150. The van der Waals surface area contributed by atoms with Gasteiger partial charge in [-0.15, -0.1) is 0 Å². The van der Waals surface area contributed by atoms with Crippen LogP contribution in [-0.2, 0) is 34.9 Å². The summed E-state index contributed by atoms with van der Waals surface area (Å²) in [5, 5.41) is 29.4. The predicted octanol–water partition coefficient (Wildman–Crippen LogP) is 6.04. The Labute approximate surface area is 413 Å². The van der Waals surface area contributed by atoms with E-state index in [1.807, 2.05) is 55.0 Å². The van der Waals surface area contributed by atoms with E-state index in [1.54, 1.807) is 30.4 Å². The standard InChI is InChI=1S/C16H22N4O3S.C15H16ClN5.C15H22N4O4S2/c1-11(21)19(2)13-8-14(15-10-17-18-16(15)9-13)12-4-6-20(7-5-12)24(3,22)23;16-11-8-14-13(10-17-19-14)15(9-11)20-6-2-12(3-7-20)21-5-1-4-18-21;1-18(24(2,20)21)12-8-13(14-10-16-17-15(14)9-12)11-4-6-19(7-5-11)25(3,22)23/h8-10,12H,4-7H2,1-3H3,(H,17,18);1,4-5,8-10,12H,2-3,6-7H2,(H,17,19);8-11H,4-7H2,1-3H3,(H,16,17). The number of rotatable bonds is 9. The topological polar surface area (TPSA) is 240 Å². The van der Waals surface area contributed by atoms with Crippen LogP contribution in [0.3, 0.4) is 0 Å². The van der Waals surface area contributed by atoms with E-state index < -0.39 is 30.1 Å². The minimum absolute atomic E-state index is 0.0355. The lowest BCUT2D eigenvalue weighted by atomic mass is 9.88. The third-order valence-corrected chi connectivity index (χ3v) is 17.8. The van der Waals surface area contributed by atoms with Gasteiger partial charge in [0.05, 0.1) is 65.6 Å².